The lowest BCUT2D eigenvalue weighted by molar-refractivity contribution is -0.329. The van der Waals surface area contributed by atoms with E-state index in [-0.39, 0.29) is 43.5 Å². The van der Waals surface area contributed by atoms with Crippen molar-refractivity contribution in [3.8, 4) is 0 Å². The lowest BCUT2D eigenvalue weighted by Crippen LogP contribution is -2.81. The molecule has 0 aromatic heterocycles. The zero-order valence-corrected chi connectivity index (χ0v) is 28.3. The van der Waals surface area contributed by atoms with E-state index in [0.29, 0.717) is 18.5 Å². The Morgan fingerprint density at radius 1 is 0.979 bits per heavy atom. The Labute approximate surface area is 275 Å². The van der Waals surface area contributed by atoms with Crippen LogP contribution in [-0.2, 0) is 38.0 Å². The number of hydrogen-bond acceptors (Lipinski definition) is 12. The Kier molecular flexibility index (Phi) is 8.12. The van der Waals surface area contributed by atoms with Crippen molar-refractivity contribution < 1.29 is 53.0 Å². The highest BCUT2D eigenvalue weighted by Gasteiger charge is 2.91. The van der Waals surface area contributed by atoms with Crippen LogP contribution in [0.5, 0.6) is 0 Å². The van der Waals surface area contributed by atoms with Crippen molar-refractivity contribution >= 4 is 11.9 Å². The molecule has 4 unspecified atom stereocenters. The summed E-state index contributed by atoms with van der Waals surface area (Å²) in [5.41, 5.74) is -4.14. The lowest BCUT2D eigenvalue weighted by atomic mass is 9.42. The standard InChI is InChI=1S/C35H49NO11/c1-8-45-35-23-20(15-33(40,30(44-7)28(35)38)29(23)47-31(39)19-12-10-9-11-13-19)34-22(42-5)14-21(46-18(2)37)32(17-41-4)16-36(3)27(34)24(35)25(43-6)26(32)34/h9-13,20-30,38,40H,8,14-17H2,1-7H3/t20-,21+,22?,23+,24?,25-,26+,27?,28-,29+,30-,32-,33+,34?,35+/m0/s1. The Balaban J connectivity index is 1.50. The summed E-state index contributed by atoms with van der Waals surface area (Å²) >= 11 is 0. The zero-order chi connectivity index (χ0) is 33.7. The first kappa shape index (κ1) is 33.3. The number of likely N-dealkylation sites (tertiary alicyclic amines) is 1. The summed E-state index contributed by atoms with van der Waals surface area (Å²) in [7, 11) is 8.53. The van der Waals surface area contributed by atoms with Crippen molar-refractivity contribution in [3.05, 3.63) is 35.9 Å². The number of ether oxygens (including phenoxy) is 7. The van der Waals surface area contributed by atoms with Gasteiger partial charge >= 0.3 is 11.9 Å². The van der Waals surface area contributed by atoms with Crippen molar-refractivity contribution in [2.45, 2.75) is 80.6 Å². The normalized spacial score (nSPS) is 49.1. The van der Waals surface area contributed by atoms with Crippen LogP contribution in [0.3, 0.4) is 0 Å². The van der Waals surface area contributed by atoms with Gasteiger partial charge in [0.2, 0.25) is 0 Å². The van der Waals surface area contributed by atoms with Gasteiger partial charge in [0.25, 0.3) is 0 Å². The van der Waals surface area contributed by atoms with Crippen molar-refractivity contribution in [2.75, 3.05) is 55.2 Å². The third-order valence-electron chi connectivity index (χ3n) is 13.2. The van der Waals surface area contributed by atoms with Crippen LogP contribution in [0.1, 0.15) is 37.0 Å². The number of methoxy groups -OCH3 is 4. The topological polar surface area (TPSA) is 142 Å². The summed E-state index contributed by atoms with van der Waals surface area (Å²) in [4.78, 5) is 28.7. The van der Waals surface area contributed by atoms with Crippen LogP contribution < -0.4 is 0 Å². The molecule has 5 saturated carbocycles. The molecule has 7 bridgehead atoms. The van der Waals surface area contributed by atoms with Crippen molar-refractivity contribution in [3.63, 3.8) is 0 Å². The van der Waals surface area contributed by atoms with Gasteiger partial charge in [0, 0.05) is 89.6 Å². The number of carbonyl (C=O) groups excluding carboxylic acids is 2. The molecular weight excluding hydrogens is 610 g/mol. The third-order valence-corrected chi connectivity index (χ3v) is 13.2. The lowest BCUT2D eigenvalue weighted by Gasteiger charge is -2.70. The molecule has 1 saturated heterocycles. The molecule has 260 valence electrons. The Morgan fingerprint density at radius 2 is 1.70 bits per heavy atom. The van der Waals surface area contributed by atoms with Gasteiger partial charge in [0.05, 0.1) is 24.4 Å². The van der Waals surface area contributed by atoms with E-state index in [1.54, 1.807) is 45.6 Å². The van der Waals surface area contributed by atoms with Gasteiger partial charge in [-0.1, -0.05) is 18.2 Å². The van der Waals surface area contributed by atoms with E-state index in [2.05, 4.69) is 11.9 Å². The summed E-state index contributed by atoms with van der Waals surface area (Å²) < 4.78 is 44.4. The molecule has 15 atom stereocenters. The minimum atomic E-state index is -1.74. The first-order valence-corrected chi connectivity index (χ1v) is 16.7. The zero-order valence-electron chi connectivity index (χ0n) is 28.3. The number of esters is 2. The van der Waals surface area contributed by atoms with Crippen LogP contribution in [0.2, 0.25) is 0 Å². The highest BCUT2D eigenvalue weighted by molar-refractivity contribution is 5.89. The molecule has 2 N–H and O–H groups in total. The number of aliphatic hydroxyl groups is 2. The molecule has 1 spiro atoms. The van der Waals surface area contributed by atoms with Gasteiger partial charge in [-0.25, -0.2) is 4.79 Å². The molecule has 1 aromatic rings. The van der Waals surface area contributed by atoms with E-state index in [9.17, 15) is 19.8 Å². The summed E-state index contributed by atoms with van der Waals surface area (Å²) in [5.74, 6) is -2.73. The molecule has 12 heteroatoms. The molecule has 47 heavy (non-hydrogen) atoms. The molecule has 6 fully saturated rings. The van der Waals surface area contributed by atoms with Gasteiger partial charge in [-0.3, -0.25) is 4.79 Å². The SMILES string of the molecule is CCO[C@@]12C3C4N(C)C[C@]5(COC)[C@H](OC(C)=O)CC(OC)C4([C@H]4C[C@@](O)([C@H](OC(=O)c6ccccc6)[C@@H]41)[C@@H](OC)[C@@H]2O)[C@@H]5[C@H]3OC. The second-order valence-electron chi connectivity index (χ2n) is 14.7. The van der Waals surface area contributed by atoms with E-state index < -0.39 is 76.5 Å². The minimum Gasteiger partial charge on any atom is -0.462 e. The number of piperidine rings is 1. The largest absolute Gasteiger partial charge is 0.462 e. The van der Waals surface area contributed by atoms with Gasteiger partial charge in [-0.2, -0.15) is 0 Å². The fraction of sp³-hybridized carbons (Fsp3) is 0.771. The number of fused-ring (bicyclic) bond motifs is 2. The fourth-order valence-corrected chi connectivity index (χ4v) is 12.6. The number of benzene rings is 1. The molecule has 12 nitrogen and oxygen atoms in total. The van der Waals surface area contributed by atoms with Crippen LogP contribution in [0.25, 0.3) is 0 Å². The van der Waals surface area contributed by atoms with Crippen LogP contribution >= 0.6 is 0 Å². The smallest absolute Gasteiger partial charge is 0.338 e. The molecule has 1 heterocycles. The molecule has 7 rings (SSSR count). The van der Waals surface area contributed by atoms with Crippen molar-refractivity contribution in [1.29, 1.82) is 0 Å². The number of rotatable bonds is 10. The van der Waals surface area contributed by atoms with Crippen molar-refractivity contribution in [2.24, 2.45) is 34.5 Å². The molecule has 1 aromatic carbocycles. The second kappa shape index (κ2) is 11.4. The maximum Gasteiger partial charge on any atom is 0.338 e. The highest BCUT2D eigenvalue weighted by atomic mass is 16.6. The van der Waals surface area contributed by atoms with E-state index in [1.165, 1.54) is 14.0 Å². The average Bonchev–Trinajstić information content (AvgIpc) is 3.43. The van der Waals surface area contributed by atoms with Gasteiger partial charge in [0.1, 0.15) is 35.6 Å². The maximum atomic E-state index is 13.8. The summed E-state index contributed by atoms with van der Waals surface area (Å²) in [6.07, 6.45) is -4.38. The van der Waals surface area contributed by atoms with E-state index >= 15 is 0 Å². The molecule has 0 amide bonds. The second-order valence-corrected chi connectivity index (χ2v) is 14.7. The van der Waals surface area contributed by atoms with Crippen LogP contribution in [0, 0.1) is 34.5 Å². The first-order valence-electron chi connectivity index (χ1n) is 16.7. The predicted molar refractivity (Wildman–Crippen MR) is 165 cm³/mol. The Morgan fingerprint density at radius 3 is 2.30 bits per heavy atom. The monoisotopic (exact) mass is 659 g/mol. The molecular formula is C35H49NO11. The van der Waals surface area contributed by atoms with Gasteiger partial charge in [-0.05, 0) is 38.4 Å². The van der Waals surface area contributed by atoms with Crippen LogP contribution in [0.15, 0.2) is 30.3 Å². The summed E-state index contributed by atoms with van der Waals surface area (Å²) in [5, 5.41) is 25.4. The van der Waals surface area contributed by atoms with Crippen molar-refractivity contribution in [1.82, 2.24) is 4.90 Å². The molecule has 1 aliphatic heterocycles. The van der Waals surface area contributed by atoms with Crippen LogP contribution in [-0.4, -0.2) is 136 Å². The van der Waals surface area contributed by atoms with E-state index in [1.807, 2.05) is 13.0 Å². The summed E-state index contributed by atoms with van der Waals surface area (Å²) in [6, 6.07) is 8.48. The van der Waals surface area contributed by atoms with Crippen LogP contribution in [0.4, 0.5) is 0 Å². The first-order chi connectivity index (χ1) is 22.5. The van der Waals surface area contributed by atoms with E-state index in [0.717, 1.165) is 0 Å². The highest BCUT2D eigenvalue weighted by Crippen LogP contribution is 2.80. The fourth-order valence-electron chi connectivity index (χ4n) is 12.6. The quantitative estimate of drug-likeness (QED) is 0.350. The minimum absolute atomic E-state index is 0.167. The van der Waals surface area contributed by atoms with Gasteiger partial charge in [-0.15, -0.1) is 0 Å². The van der Waals surface area contributed by atoms with Gasteiger partial charge in [0.15, 0.2) is 0 Å². The average molecular weight is 660 g/mol. The Hall–Kier alpha value is -2.16. The van der Waals surface area contributed by atoms with Gasteiger partial charge < -0.3 is 48.3 Å². The number of hydrogen-bond donors (Lipinski definition) is 2. The predicted octanol–water partition coefficient (Wildman–Crippen LogP) is 1.30. The maximum absolute atomic E-state index is 13.8. The van der Waals surface area contributed by atoms with E-state index in [4.69, 9.17) is 33.2 Å². The number of carbonyl (C=O) groups is 2. The number of aliphatic hydroxyl groups excluding tert-OH is 1. The molecule has 0 radical (unpaired) electrons. The third kappa shape index (κ3) is 3.92. The summed E-state index contributed by atoms with van der Waals surface area (Å²) in [6.45, 7) is 4.39. The molecule has 6 aliphatic rings. The molecule has 5 aliphatic carbocycles. The Bertz CT molecular complexity index is 1380. The number of nitrogens with zero attached hydrogens (tertiary/aromatic N) is 1.